The minimum Gasteiger partial charge on any atom is -0.221 e. The summed E-state index contributed by atoms with van der Waals surface area (Å²) in [6.07, 6.45) is 4.32. The van der Waals surface area contributed by atoms with Crippen LogP contribution >= 0.6 is 23.2 Å². The van der Waals surface area contributed by atoms with Gasteiger partial charge in [-0.1, -0.05) is 43.0 Å². The topological polar surface area (TPSA) is 25.8 Å². The maximum Gasteiger partial charge on any atom is 0.134 e. The van der Waals surface area contributed by atoms with Gasteiger partial charge in [0.25, 0.3) is 0 Å². The van der Waals surface area contributed by atoms with Crippen molar-refractivity contribution < 1.29 is 0 Å². The van der Waals surface area contributed by atoms with E-state index in [2.05, 4.69) is 16.9 Å². The Morgan fingerprint density at radius 3 is 2.31 bits per heavy atom. The van der Waals surface area contributed by atoms with Crippen molar-refractivity contribution in [2.45, 2.75) is 32.6 Å². The lowest BCUT2D eigenvalue weighted by Gasteiger charge is -1.99. The van der Waals surface area contributed by atoms with Crippen LogP contribution in [0.4, 0.5) is 0 Å². The van der Waals surface area contributed by atoms with Crippen LogP contribution < -0.4 is 0 Å². The minimum atomic E-state index is 0.423. The third kappa shape index (κ3) is 3.92. The van der Waals surface area contributed by atoms with E-state index in [0.717, 1.165) is 18.7 Å². The Kier molecular flexibility index (Phi) is 4.46. The van der Waals surface area contributed by atoms with Gasteiger partial charge in [0.1, 0.15) is 16.1 Å². The Balaban J connectivity index is 2.56. The molecule has 0 spiro atoms. The second kappa shape index (κ2) is 5.40. The van der Waals surface area contributed by atoms with Gasteiger partial charge in [0.2, 0.25) is 0 Å². The molecule has 0 radical (unpaired) electrons. The number of halogens is 2. The van der Waals surface area contributed by atoms with Crippen LogP contribution in [0, 0.1) is 0 Å². The van der Waals surface area contributed by atoms with Gasteiger partial charge in [0.05, 0.1) is 0 Å². The number of hydrogen-bond donors (Lipinski definition) is 0. The highest BCUT2D eigenvalue weighted by molar-refractivity contribution is 6.33. The highest BCUT2D eigenvalue weighted by atomic mass is 35.5. The molecule has 0 unspecified atom stereocenters. The summed E-state index contributed by atoms with van der Waals surface area (Å²) in [5.74, 6) is 0.742. The molecule has 0 aliphatic heterocycles. The summed E-state index contributed by atoms with van der Waals surface area (Å²) < 4.78 is 0. The first kappa shape index (κ1) is 10.7. The van der Waals surface area contributed by atoms with Crippen molar-refractivity contribution in [3.63, 3.8) is 0 Å². The van der Waals surface area contributed by atoms with Crippen molar-refractivity contribution in [3.05, 3.63) is 22.2 Å². The van der Waals surface area contributed by atoms with Gasteiger partial charge >= 0.3 is 0 Å². The monoisotopic (exact) mass is 218 g/mol. The first-order chi connectivity index (χ1) is 6.22. The molecule has 2 nitrogen and oxygen atoms in total. The zero-order valence-electron chi connectivity index (χ0n) is 7.56. The third-order valence-corrected chi connectivity index (χ3v) is 2.10. The fourth-order valence-corrected chi connectivity index (χ4v) is 1.54. The van der Waals surface area contributed by atoms with Crippen LogP contribution in [-0.2, 0) is 6.42 Å². The largest absolute Gasteiger partial charge is 0.221 e. The van der Waals surface area contributed by atoms with Gasteiger partial charge in [-0.05, 0) is 6.42 Å². The van der Waals surface area contributed by atoms with Crippen molar-refractivity contribution in [1.82, 2.24) is 9.97 Å². The molecule has 1 aromatic heterocycles. The highest BCUT2D eigenvalue weighted by Crippen LogP contribution is 2.13. The van der Waals surface area contributed by atoms with Crippen molar-refractivity contribution in [3.8, 4) is 0 Å². The molecule has 0 aliphatic rings. The number of hydrogen-bond acceptors (Lipinski definition) is 2. The van der Waals surface area contributed by atoms with E-state index in [1.165, 1.54) is 12.8 Å². The van der Waals surface area contributed by atoms with Crippen molar-refractivity contribution >= 4 is 23.2 Å². The SMILES string of the molecule is CCCCCc1nc(Cl)cc(Cl)n1. The highest BCUT2D eigenvalue weighted by Gasteiger charge is 2.00. The van der Waals surface area contributed by atoms with Crippen molar-refractivity contribution in [2.75, 3.05) is 0 Å². The molecule has 1 rings (SSSR count). The molecule has 0 aromatic carbocycles. The molecule has 13 heavy (non-hydrogen) atoms. The summed E-state index contributed by atoms with van der Waals surface area (Å²) in [4.78, 5) is 8.15. The average molecular weight is 219 g/mol. The molecule has 1 heterocycles. The van der Waals surface area contributed by atoms with E-state index >= 15 is 0 Å². The summed E-state index contributed by atoms with van der Waals surface area (Å²) >= 11 is 11.5. The molecule has 1 aromatic rings. The van der Waals surface area contributed by atoms with Crippen LogP contribution in [0.25, 0.3) is 0 Å². The summed E-state index contributed by atoms with van der Waals surface area (Å²) in [5, 5.41) is 0.845. The minimum absolute atomic E-state index is 0.423. The fourth-order valence-electron chi connectivity index (χ4n) is 1.08. The van der Waals surface area contributed by atoms with Crippen LogP contribution in [0.2, 0.25) is 10.3 Å². The van der Waals surface area contributed by atoms with E-state index in [4.69, 9.17) is 23.2 Å². The van der Waals surface area contributed by atoms with Crippen molar-refractivity contribution in [1.29, 1.82) is 0 Å². The molecule has 4 heteroatoms. The summed E-state index contributed by atoms with van der Waals surface area (Å²) in [5.41, 5.74) is 0. The summed E-state index contributed by atoms with van der Waals surface area (Å²) in [6.45, 7) is 2.16. The van der Waals surface area contributed by atoms with Crippen molar-refractivity contribution in [2.24, 2.45) is 0 Å². The normalized spacial score (nSPS) is 10.4. The smallest absolute Gasteiger partial charge is 0.134 e. The van der Waals surface area contributed by atoms with Crippen LogP contribution in [0.1, 0.15) is 32.0 Å². The third-order valence-electron chi connectivity index (χ3n) is 1.71. The Labute approximate surface area is 88.3 Å². The van der Waals surface area contributed by atoms with E-state index in [0.29, 0.717) is 10.3 Å². The zero-order valence-corrected chi connectivity index (χ0v) is 9.07. The molecular formula is C9H12Cl2N2. The molecule has 0 aliphatic carbocycles. The van der Waals surface area contributed by atoms with E-state index in [9.17, 15) is 0 Å². The fraction of sp³-hybridized carbons (Fsp3) is 0.556. The Bertz CT molecular complexity index is 256. The molecule has 0 fully saturated rings. The number of aryl methyl sites for hydroxylation is 1. The van der Waals surface area contributed by atoms with E-state index in [-0.39, 0.29) is 0 Å². The lowest BCUT2D eigenvalue weighted by molar-refractivity contribution is 0.693. The maximum atomic E-state index is 5.73. The lowest BCUT2D eigenvalue weighted by Crippen LogP contribution is -1.95. The van der Waals surface area contributed by atoms with Crippen LogP contribution in [0.5, 0.6) is 0 Å². The van der Waals surface area contributed by atoms with Crippen LogP contribution in [-0.4, -0.2) is 9.97 Å². The Morgan fingerprint density at radius 2 is 1.77 bits per heavy atom. The average Bonchev–Trinajstić information content (AvgIpc) is 2.03. The van der Waals surface area contributed by atoms with Gasteiger partial charge in [-0.25, -0.2) is 9.97 Å². The predicted molar refractivity (Wildman–Crippen MR) is 55.3 cm³/mol. The van der Waals surface area contributed by atoms with E-state index < -0.39 is 0 Å². The maximum absolute atomic E-state index is 5.73. The standard InChI is InChI=1S/C9H12Cl2N2/c1-2-3-4-5-9-12-7(10)6-8(11)13-9/h6H,2-5H2,1H3. The lowest BCUT2D eigenvalue weighted by atomic mass is 10.2. The van der Waals surface area contributed by atoms with Crippen LogP contribution in [0.15, 0.2) is 6.07 Å². The van der Waals surface area contributed by atoms with Gasteiger partial charge in [-0.3, -0.25) is 0 Å². The number of unbranched alkanes of at least 4 members (excludes halogenated alkanes) is 2. The molecule has 0 saturated heterocycles. The molecule has 0 bridgehead atoms. The number of nitrogens with zero attached hydrogens (tertiary/aromatic N) is 2. The zero-order chi connectivity index (χ0) is 9.68. The molecule has 72 valence electrons. The summed E-state index contributed by atoms with van der Waals surface area (Å²) in [7, 11) is 0. The van der Waals surface area contributed by atoms with E-state index in [1.54, 1.807) is 6.07 Å². The second-order valence-corrected chi connectivity index (χ2v) is 3.66. The quantitative estimate of drug-likeness (QED) is 0.571. The molecular weight excluding hydrogens is 207 g/mol. The van der Waals surface area contributed by atoms with Gasteiger partial charge in [0.15, 0.2) is 0 Å². The Hall–Kier alpha value is -0.340. The summed E-state index contributed by atoms with van der Waals surface area (Å²) in [6, 6.07) is 1.55. The second-order valence-electron chi connectivity index (χ2n) is 2.89. The number of aromatic nitrogens is 2. The first-order valence-electron chi connectivity index (χ1n) is 4.41. The molecule has 0 amide bonds. The molecule has 0 saturated carbocycles. The van der Waals surface area contributed by atoms with Gasteiger partial charge in [0, 0.05) is 12.5 Å². The first-order valence-corrected chi connectivity index (χ1v) is 5.17. The van der Waals surface area contributed by atoms with Crippen LogP contribution in [0.3, 0.4) is 0 Å². The van der Waals surface area contributed by atoms with Gasteiger partial charge in [-0.15, -0.1) is 0 Å². The van der Waals surface area contributed by atoms with E-state index in [1.807, 2.05) is 0 Å². The Morgan fingerprint density at radius 1 is 1.15 bits per heavy atom. The molecule has 0 N–H and O–H groups in total. The van der Waals surface area contributed by atoms with Gasteiger partial charge < -0.3 is 0 Å². The molecule has 0 atom stereocenters. The van der Waals surface area contributed by atoms with Gasteiger partial charge in [-0.2, -0.15) is 0 Å². The number of rotatable bonds is 4. The predicted octanol–water partition coefficient (Wildman–Crippen LogP) is 3.52.